The van der Waals surface area contributed by atoms with Crippen LogP contribution < -0.4 is 0 Å². The molecule has 0 bridgehead atoms. The Labute approximate surface area is 93.5 Å². The summed E-state index contributed by atoms with van der Waals surface area (Å²) in [5, 5.41) is 0. The lowest BCUT2D eigenvalue weighted by atomic mass is 10.00. The number of hydrogen-bond donors (Lipinski definition) is 0. The highest BCUT2D eigenvalue weighted by Gasteiger charge is 2.13. The molecule has 82 valence electrons. The molecular formula is C14H21N. The second-order valence-corrected chi connectivity index (χ2v) is 3.88. The molecule has 0 radical (unpaired) electrons. The molecule has 0 atom stereocenters. The number of hydrogen-bond acceptors (Lipinski definition) is 1. The minimum Gasteiger partial charge on any atom is -0.302 e. The molecule has 15 heavy (non-hydrogen) atoms. The largest absolute Gasteiger partial charge is 0.302 e. The summed E-state index contributed by atoms with van der Waals surface area (Å²) in [4.78, 5) is 2.36. The van der Waals surface area contributed by atoms with Crippen LogP contribution in [0.25, 0.3) is 0 Å². The van der Waals surface area contributed by atoms with Gasteiger partial charge in [-0.1, -0.05) is 19.9 Å². The van der Waals surface area contributed by atoms with Gasteiger partial charge in [0, 0.05) is 13.1 Å². The number of rotatable bonds is 0. The molecule has 2 aliphatic rings. The van der Waals surface area contributed by atoms with Crippen molar-refractivity contribution >= 4 is 0 Å². The van der Waals surface area contributed by atoms with E-state index in [-0.39, 0.29) is 0 Å². The van der Waals surface area contributed by atoms with Crippen LogP contribution >= 0.6 is 0 Å². The highest BCUT2D eigenvalue weighted by atomic mass is 15.1. The molecular weight excluding hydrogens is 182 g/mol. The van der Waals surface area contributed by atoms with Crippen molar-refractivity contribution in [3.05, 3.63) is 40.7 Å². The normalized spacial score (nSPS) is 20.1. The van der Waals surface area contributed by atoms with Crippen LogP contribution in [-0.2, 0) is 0 Å². The fraction of sp³-hybridized carbons (Fsp3) is 0.500. The maximum atomic E-state index is 3.22. The van der Waals surface area contributed by atoms with E-state index in [9.17, 15) is 0 Å². The molecule has 1 heterocycles. The van der Waals surface area contributed by atoms with Gasteiger partial charge in [-0.15, -0.1) is 5.73 Å². The van der Waals surface area contributed by atoms with Gasteiger partial charge in [-0.05, 0) is 49.3 Å². The van der Waals surface area contributed by atoms with Crippen molar-refractivity contribution in [3.8, 4) is 0 Å². The second-order valence-electron chi connectivity index (χ2n) is 3.88. The molecule has 1 heteroatoms. The average molecular weight is 203 g/mol. The average Bonchev–Trinajstić information content (AvgIpc) is 2.41. The molecule has 0 saturated carbocycles. The Hall–Kier alpha value is -1.04. The zero-order valence-electron chi connectivity index (χ0n) is 10.3. The Balaban J connectivity index is 0.000000531. The van der Waals surface area contributed by atoms with E-state index >= 15 is 0 Å². The SMILES string of the molecule is CC.CC1=CC2=C(C=C=C1)CCN(C)C2. The molecule has 0 unspecified atom stereocenters. The second kappa shape index (κ2) is 5.75. The fourth-order valence-corrected chi connectivity index (χ4v) is 1.84. The monoisotopic (exact) mass is 203 g/mol. The molecule has 0 aromatic heterocycles. The van der Waals surface area contributed by atoms with E-state index in [0.29, 0.717) is 0 Å². The van der Waals surface area contributed by atoms with Gasteiger partial charge in [0.2, 0.25) is 0 Å². The zero-order chi connectivity index (χ0) is 11.3. The lowest BCUT2D eigenvalue weighted by Crippen LogP contribution is -2.27. The van der Waals surface area contributed by atoms with Crippen LogP contribution in [0.5, 0.6) is 0 Å². The Kier molecular flexibility index (Phi) is 4.61. The summed E-state index contributed by atoms with van der Waals surface area (Å²) in [6.45, 7) is 8.38. The third-order valence-corrected chi connectivity index (χ3v) is 2.59. The molecule has 0 aromatic carbocycles. The Morgan fingerprint density at radius 3 is 2.67 bits per heavy atom. The molecule has 0 fully saturated rings. The minimum absolute atomic E-state index is 1.08. The Morgan fingerprint density at radius 1 is 1.20 bits per heavy atom. The van der Waals surface area contributed by atoms with Crippen molar-refractivity contribution in [2.45, 2.75) is 27.2 Å². The first kappa shape index (κ1) is 12.0. The molecule has 1 nitrogen and oxygen atoms in total. The number of likely N-dealkylation sites (N-methyl/N-ethyl adjacent to an activating group) is 1. The first-order chi connectivity index (χ1) is 7.25. The standard InChI is InChI=1S/C12H15N.C2H6/c1-10-4-3-5-11-6-7-13(2)9-12(11)8-10;1-2/h4-5,8H,6-7,9H2,1-2H3;1-2H3. The van der Waals surface area contributed by atoms with Crippen molar-refractivity contribution in [3.63, 3.8) is 0 Å². The smallest absolute Gasteiger partial charge is 0.0233 e. The number of nitrogens with zero attached hydrogens (tertiary/aromatic N) is 1. The van der Waals surface area contributed by atoms with Gasteiger partial charge in [0.15, 0.2) is 0 Å². The van der Waals surface area contributed by atoms with E-state index in [1.54, 1.807) is 0 Å². The minimum atomic E-state index is 1.08. The summed E-state index contributed by atoms with van der Waals surface area (Å²) in [5.41, 5.74) is 7.45. The third kappa shape index (κ3) is 3.23. The van der Waals surface area contributed by atoms with Gasteiger partial charge in [0.05, 0.1) is 0 Å². The van der Waals surface area contributed by atoms with Crippen molar-refractivity contribution in [2.24, 2.45) is 0 Å². The molecule has 0 spiro atoms. The molecule has 2 rings (SSSR count). The zero-order valence-corrected chi connectivity index (χ0v) is 10.3. The predicted octanol–water partition coefficient (Wildman–Crippen LogP) is 3.32. The van der Waals surface area contributed by atoms with Crippen molar-refractivity contribution in [1.82, 2.24) is 4.90 Å². The van der Waals surface area contributed by atoms with E-state index < -0.39 is 0 Å². The lowest BCUT2D eigenvalue weighted by Gasteiger charge is -2.24. The summed E-state index contributed by atoms with van der Waals surface area (Å²) in [6, 6.07) is 0. The van der Waals surface area contributed by atoms with Crippen LogP contribution in [0, 0.1) is 0 Å². The number of allylic oxidation sites excluding steroid dienone is 2. The van der Waals surface area contributed by atoms with Gasteiger partial charge in [-0.25, -0.2) is 0 Å². The van der Waals surface area contributed by atoms with Crippen LogP contribution in [0.4, 0.5) is 0 Å². The van der Waals surface area contributed by atoms with E-state index in [1.165, 1.54) is 23.3 Å². The van der Waals surface area contributed by atoms with E-state index in [1.807, 2.05) is 13.8 Å². The van der Waals surface area contributed by atoms with Gasteiger partial charge in [-0.3, -0.25) is 0 Å². The predicted molar refractivity (Wildman–Crippen MR) is 66.9 cm³/mol. The van der Waals surface area contributed by atoms with Gasteiger partial charge >= 0.3 is 0 Å². The van der Waals surface area contributed by atoms with Crippen LogP contribution in [0.15, 0.2) is 40.7 Å². The third-order valence-electron chi connectivity index (χ3n) is 2.59. The Bertz CT molecular complexity index is 338. The van der Waals surface area contributed by atoms with E-state index in [4.69, 9.17) is 0 Å². The molecule has 0 saturated heterocycles. The van der Waals surface area contributed by atoms with Crippen LogP contribution in [0.2, 0.25) is 0 Å². The molecule has 1 aliphatic carbocycles. The Morgan fingerprint density at radius 2 is 1.93 bits per heavy atom. The molecule has 1 aliphatic heterocycles. The first-order valence-corrected chi connectivity index (χ1v) is 5.77. The first-order valence-electron chi connectivity index (χ1n) is 5.77. The van der Waals surface area contributed by atoms with Crippen LogP contribution in [0.3, 0.4) is 0 Å². The van der Waals surface area contributed by atoms with E-state index in [2.05, 4.69) is 42.8 Å². The fourth-order valence-electron chi connectivity index (χ4n) is 1.84. The van der Waals surface area contributed by atoms with Crippen molar-refractivity contribution < 1.29 is 0 Å². The van der Waals surface area contributed by atoms with Crippen molar-refractivity contribution in [2.75, 3.05) is 20.1 Å². The maximum Gasteiger partial charge on any atom is 0.0233 e. The van der Waals surface area contributed by atoms with E-state index in [0.717, 1.165) is 13.0 Å². The molecule has 0 amide bonds. The molecule has 0 aromatic rings. The van der Waals surface area contributed by atoms with Gasteiger partial charge in [0.1, 0.15) is 0 Å². The maximum absolute atomic E-state index is 3.22. The summed E-state index contributed by atoms with van der Waals surface area (Å²) in [5.74, 6) is 0. The van der Waals surface area contributed by atoms with Gasteiger partial charge < -0.3 is 4.90 Å². The summed E-state index contributed by atoms with van der Waals surface area (Å²) >= 11 is 0. The van der Waals surface area contributed by atoms with Gasteiger partial charge in [0.25, 0.3) is 0 Å². The van der Waals surface area contributed by atoms with Gasteiger partial charge in [-0.2, -0.15) is 0 Å². The lowest BCUT2D eigenvalue weighted by molar-refractivity contribution is 0.354. The topological polar surface area (TPSA) is 3.24 Å². The highest BCUT2D eigenvalue weighted by Crippen LogP contribution is 2.21. The highest BCUT2D eigenvalue weighted by molar-refractivity contribution is 5.42. The summed E-state index contributed by atoms with van der Waals surface area (Å²) < 4.78 is 0. The quantitative estimate of drug-likeness (QED) is 0.546. The van der Waals surface area contributed by atoms with Crippen molar-refractivity contribution in [1.29, 1.82) is 0 Å². The summed E-state index contributed by atoms with van der Waals surface area (Å²) in [7, 11) is 2.18. The van der Waals surface area contributed by atoms with Crippen LogP contribution in [0.1, 0.15) is 27.2 Å². The summed E-state index contributed by atoms with van der Waals surface area (Å²) in [6.07, 6.45) is 7.63. The van der Waals surface area contributed by atoms with Crippen LogP contribution in [-0.4, -0.2) is 25.0 Å². The molecule has 0 N–H and O–H groups in total.